The van der Waals surface area contributed by atoms with Crippen molar-refractivity contribution in [2.75, 3.05) is 11.4 Å². The number of amides is 1. The summed E-state index contributed by atoms with van der Waals surface area (Å²) in [6, 6.07) is 22.7. The minimum absolute atomic E-state index is 0.282. The van der Waals surface area contributed by atoms with Gasteiger partial charge in [0.2, 0.25) is 12.5 Å². The molecule has 2 heterocycles. The van der Waals surface area contributed by atoms with Crippen LogP contribution >= 0.6 is 15.9 Å². The first-order chi connectivity index (χ1) is 15.0. The molecule has 3 aromatic carbocycles. The Morgan fingerprint density at radius 1 is 1.00 bits per heavy atom. The molecule has 31 heavy (non-hydrogen) atoms. The summed E-state index contributed by atoms with van der Waals surface area (Å²) in [6.45, 7) is -0.171. The van der Waals surface area contributed by atoms with Gasteiger partial charge in [-0.05, 0) is 29.8 Å². The SMILES string of the molecule is O=C1N(Cc2ccccc2)c2ccccc2C1(C[N+](=O)[O-])c1c[nH]c2ccc(Br)cc12. The van der Waals surface area contributed by atoms with E-state index in [2.05, 4.69) is 20.9 Å². The number of aromatic nitrogens is 1. The summed E-state index contributed by atoms with van der Waals surface area (Å²) in [4.78, 5) is 30.4. The minimum atomic E-state index is -1.41. The number of anilines is 1. The number of rotatable bonds is 5. The highest BCUT2D eigenvalue weighted by atomic mass is 79.9. The van der Waals surface area contributed by atoms with E-state index < -0.39 is 16.9 Å². The van der Waals surface area contributed by atoms with E-state index in [0.29, 0.717) is 23.4 Å². The molecular formula is C24H18BrN3O3. The van der Waals surface area contributed by atoms with Crippen molar-refractivity contribution in [3.8, 4) is 0 Å². The fourth-order valence-electron chi connectivity index (χ4n) is 4.59. The molecule has 1 aliphatic heterocycles. The van der Waals surface area contributed by atoms with Gasteiger partial charge >= 0.3 is 0 Å². The molecule has 0 fully saturated rings. The van der Waals surface area contributed by atoms with E-state index >= 15 is 0 Å². The molecule has 7 heteroatoms. The van der Waals surface area contributed by atoms with Crippen LogP contribution in [0.1, 0.15) is 16.7 Å². The normalized spacial score (nSPS) is 17.8. The zero-order chi connectivity index (χ0) is 21.6. The zero-order valence-electron chi connectivity index (χ0n) is 16.4. The average Bonchev–Trinajstić information content (AvgIpc) is 3.28. The number of fused-ring (bicyclic) bond motifs is 2. The summed E-state index contributed by atoms with van der Waals surface area (Å²) in [5.41, 5.74) is 2.37. The predicted molar refractivity (Wildman–Crippen MR) is 123 cm³/mol. The van der Waals surface area contributed by atoms with Crippen molar-refractivity contribution >= 4 is 38.4 Å². The molecule has 1 amide bonds. The Morgan fingerprint density at radius 3 is 2.52 bits per heavy atom. The molecule has 5 rings (SSSR count). The Bertz CT molecular complexity index is 1320. The summed E-state index contributed by atoms with van der Waals surface area (Å²) >= 11 is 3.49. The molecule has 1 atom stereocenters. The quantitative estimate of drug-likeness (QED) is 0.324. The van der Waals surface area contributed by atoms with Gasteiger partial charge in [-0.2, -0.15) is 0 Å². The molecule has 0 bridgehead atoms. The second-order valence-corrected chi connectivity index (χ2v) is 8.60. The molecule has 6 nitrogen and oxygen atoms in total. The molecule has 4 aromatic rings. The lowest BCUT2D eigenvalue weighted by molar-refractivity contribution is -0.486. The number of aromatic amines is 1. The number of nitrogens with zero attached hydrogens (tertiary/aromatic N) is 2. The average molecular weight is 476 g/mol. The third-order valence-corrected chi connectivity index (χ3v) is 6.41. The highest BCUT2D eigenvalue weighted by Gasteiger charge is 2.56. The molecule has 154 valence electrons. The van der Waals surface area contributed by atoms with E-state index in [1.165, 1.54) is 0 Å². The van der Waals surface area contributed by atoms with Gasteiger partial charge in [-0.1, -0.05) is 64.5 Å². The highest BCUT2D eigenvalue weighted by Crippen LogP contribution is 2.49. The third-order valence-electron chi connectivity index (χ3n) is 5.92. The summed E-state index contributed by atoms with van der Waals surface area (Å²) in [5, 5.41) is 12.7. The first-order valence-electron chi connectivity index (χ1n) is 9.85. The van der Waals surface area contributed by atoms with Crippen LogP contribution in [0.5, 0.6) is 0 Å². The van der Waals surface area contributed by atoms with Crippen LogP contribution < -0.4 is 4.90 Å². The summed E-state index contributed by atoms with van der Waals surface area (Å²) in [5.74, 6) is -0.282. The van der Waals surface area contributed by atoms with Crippen molar-refractivity contribution in [3.05, 3.63) is 110 Å². The number of benzene rings is 3. The predicted octanol–water partition coefficient (Wildman–Crippen LogP) is 5.04. The molecule has 1 aliphatic rings. The third kappa shape index (κ3) is 3.04. The van der Waals surface area contributed by atoms with Gasteiger partial charge in [-0.3, -0.25) is 14.9 Å². The number of hydrogen-bond donors (Lipinski definition) is 1. The number of hydrogen-bond acceptors (Lipinski definition) is 3. The van der Waals surface area contributed by atoms with Gasteiger partial charge < -0.3 is 9.88 Å². The molecule has 1 N–H and O–H groups in total. The Labute approximate surface area is 186 Å². The molecule has 1 unspecified atom stereocenters. The highest BCUT2D eigenvalue weighted by molar-refractivity contribution is 9.10. The van der Waals surface area contributed by atoms with Gasteiger partial charge in [0.15, 0.2) is 5.41 Å². The van der Waals surface area contributed by atoms with Crippen molar-refractivity contribution in [1.82, 2.24) is 4.98 Å². The molecule has 0 radical (unpaired) electrons. The monoisotopic (exact) mass is 475 g/mol. The van der Waals surface area contributed by atoms with E-state index in [1.54, 1.807) is 11.1 Å². The van der Waals surface area contributed by atoms with Crippen LogP contribution in [0.15, 0.2) is 83.5 Å². The first kappa shape index (κ1) is 19.5. The van der Waals surface area contributed by atoms with E-state index in [1.807, 2.05) is 72.8 Å². The van der Waals surface area contributed by atoms with Gasteiger partial charge in [-0.25, -0.2) is 0 Å². The number of para-hydroxylation sites is 1. The van der Waals surface area contributed by atoms with E-state index in [4.69, 9.17) is 0 Å². The lowest BCUT2D eigenvalue weighted by atomic mass is 9.75. The molecule has 0 saturated heterocycles. The number of nitro groups is 1. The smallest absolute Gasteiger partial charge is 0.249 e. The lowest BCUT2D eigenvalue weighted by Crippen LogP contribution is -2.45. The second-order valence-electron chi connectivity index (χ2n) is 7.68. The van der Waals surface area contributed by atoms with E-state index in [0.717, 1.165) is 20.9 Å². The maximum absolute atomic E-state index is 14.0. The minimum Gasteiger partial charge on any atom is -0.361 e. The summed E-state index contributed by atoms with van der Waals surface area (Å²) in [6.07, 6.45) is 1.74. The van der Waals surface area contributed by atoms with Crippen molar-refractivity contribution in [2.45, 2.75) is 12.0 Å². The zero-order valence-corrected chi connectivity index (χ0v) is 18.0. The van der Waals surface area contributed by atoms with Crippen LogP contribution in [0.4, 0.5) is 5.69 Å². The summed E-state index contributed by atoms with van der Waals surface area (Å²) in [7, 11) is 0. The number of H-pyrrole nitrogens is 1. The van der Waals surface area contributed by atoms with Gasteiger partial charge in [-0.15, -0.1) is 0 Å². The van der Waals surface area contributed by atoms with E-state index in [9.17, 15) is 14.9 Å². The largest absolute Gasteiger partial charge is 0.361 e. The van der Waals surface area contributed by atoms with Crippen molar-refractivity contribution in [1.29, 1.82) is 0 Å². The lowest BCUT2D eigenvalue weighted by Gasteiger charge is -2.25. The fourth-order valence-corrected chi connectivity index (χ4v) is 4.95. The number of nitrogens with one attached hydrogen (secondary N) is 1. The molecule has 1 aromatic heterocycles. The van der Waals surface area contributed by atoms with Crippen LogP contribution in [0, 0.1) is 10.1 Å². The molecule has 0 aliphatic carbocycles. The topological polar surface area (TPSA) is 79.2 Å². The Morgan fingerprint density at radius 2 is 1.74 bits per heavy atom. The maximum atomic E-state index is 14.0. The number of halogens is 1. The van der Waals surface area contributed by atoms with Crippen LogP contribution in [-0.4, -0.2) is 22.4 Å². The number of carbonyl (C=O) groups excluding carboxylic acids is 1. The van der Waals surface area contributed by atoms with E-state index in [-0.39, 0.29) is 5.91 Å². The second kappa shape index (κ2) is 7.35. The molecule has 0 saturated carbocycles. The van der Waals surface area contributed by atoms with Crippen molar-refractivity contribution in [2.24, 2.45) is 0 Å². The van der Waals surface area contributed by atoms with Crippen LogP contribution in [0.25, 0.3) is 10.9 Å². The van der Waals surface area contributed by atoms with Crippen molar-refractivity contribution < 1.29 is 9.72 Å². The van der Waals surface area contributed by atoms with Crippen molar-refractivity contribution in [3.63, 3.8) is 0 Å². The Kier molecular flexibility index (Phi) is 4.63. The fraction of sp³-hybridized carbons (Fsp3) is 0.125. The van der Waals surface area contributed by atoms with Gasteiger partial charge in [0, 0.05) is 43.3 Å². The Hall–Kier alpha value is -3.45. The van der Waals surface area contributed by atoms with Gasteiger partial charge in [0.05, 0.1) is 6.54 Å². The first-order valence-corrected chi connectivity index (χ1v) is 10.6. The van der Waals surface area contributed by atoms with Crippen LogP contribution in [0.2, 0.25) is 0 Å². The molecule has 0 spiro atoms. The van der Waals surface area contributed by atoms with Gasteiger partial charge in [0.25, 0.3) is 0 Å². The standard InChI is InChI=1S/C24H18BrN3O3/c25-17-10-11-21-18(12-17)20(13-26-21)24(15-28(30)31)19-8-4-5-9-22(19)27(23(24)29)14-16-6-2-1-3-7-16/h1-13,26H,14-15H2. The number of carbonyl (C=O) groups is 1. The summed E-state index contributed by atoms with van der Waals surface area (Å²) < 4.78 is 0.844. The molecular weight excluding hydrogens is 458 g/mol. The van der Waals surface area contributed by atoms with Crippen LogP contribution in [-0.2, 0) is 16.8 Å². The van der Waals surface area contributed by atoms with Crippen LogP contribution in [0.3, 0.4) is 0 Å². The Balaban J connectivity index is 1.75. The van der Waals surface area contributed by atoms with Gasteiger partial charge in [0.1, 0.15) is 0 Å². The maximum Gasteiger partial charge on any atom is 0.249 e.